The normalized spacial score (nSPS) is 25.4. The lowest BCUT2D eigenvalue weighted by atomic mass is 9.89. The fourth-order valence-corrected chi connectivity index (χ4v) is 3.85. The molecule has 0 aliphatic carbocycles. The first-order valence-corrected chi connectivity index (χ1v) is 9.63. The highest BCUT2D eigenvalue weighted by atomic mass is 16.5. The van der Waals surface area contributed by atoms with E-state index in [-0.39, 0.29) is 11.1 Å². The maximum Gasteiger partial charge on any atom is 0.203 e. The molecule has 4 rings (SSSR count). The number of aliphatic hydroxyl groups excluding tert-OH is 4. The number of phenolic OH excluding ortho intramolecular Hbond substituents is 5. The van der Waals surface area contributed by atoms with E-state index in [1.165, 1.54) is 0 Å². The zero-order valence-corrected chi connectivity index (χ0v) is 16.7. The Morgan fingerprint density at radius 3 is 2.06 bits per heavy atom. The predicted molar refractivity (Wildman–Crippen MR) is 109 cm³/mol. The second-order valence-electron chi connectivity index (χ2n) is 7.62. The van der Waals surface area contributed by atoms with E-state index in [2.05, 4.69) is 0 Å². The molecule has 5 atom stereocenters. The molecule has 1 aliphatic rings. The highest BCUT2D eigenvalue weighted by Gasteiger charge is 2.46. The summed E-state index contributed by atoms with van der Waals surface area (Å²) in [5.74, 6) is -3.98. The molecule has 2 aromatic carbocycles. The summed E-state index contributed by atoms with van der Waals surface area (Å²) in [7, 11) is 0. The smallest absolute Gasteiger partial charge is 0.203 e. The molecule has 2 heterocycles. The molecular weight excluding hydrogens is 444 g/mol. The summed E-state index contributed by atoms with van der Waals surface area (Å²) in [6, 6.07) is 3.73. The molecule has 12 heteroatoms. The van der Waals surface area contributed by atoms with Gasteiger partial charge in [0.1, 0.15) is 58.7 Å². The third-order valence-electron chi connectivity index (χ3n) is 5.50. The van der Waals surface area contributed by atoms with E-state index in [1.54, 1.807) is 0 Å². The van der Waals surface area contributed by atoms with Crippen LogP contribution in [0.1, 0.15) is 11.7 Å². The zero-order valence-electron chi connectivity index (χ0n) is 16.7. The van der Waals surface area contributed by atoms with Crippen molar-refractivity contribution in [1.82, 2.24) is 0 Å². The number of hydrogen-bond donors (Lipinski definition) is 9. The van der Waals surface area contributed by atoms with E-state index in [0.717, 1.165) is 24.3 Å². The van der Waals surface area contributed by atoms with Gasteiger partial charge in [-0.05, 0) is 12.1 Å². The Morgan fingerprint density at radius 2 is 1.45 bits per heavy atom. The number of ether oxygens (including phenoxy) is 1. The fourth-order valence-electron chi connectivity index (χ4n) is 3.85. The van der Waals surface area contributed by atoms with Crippen LogP contribution in [-0.2, 0) is 4.74 Å². The second-order valence-corrected chi connectivity index (χ2v) is 7.62. The van der Waals surface area contributed by atoms with E-state index < -0.39 is 88.0 Å². The van der Waals surface area contributed by atoms with E-state index in [9.17, 15) is 50.8 Å². The lowest BCUT2D eigenvalue weighted by Gasteiger charge is -2.40. The van der Waals surface area contributed by atoms with Crippen LogP contribution < -0.4 is 5.43 Å². The molecule has 0 amide bonds. The topological polar surface area (TPSA) is 222 Å². The lowest BCUT2D eigenvalue weighted by molar-refractivity contribution is -0.232. The second kappa shape index (κ2) is 8.10. The Hall–Kier alpha value is -3.55. The number of hydrogen-bond acceptors (Lipinski definition) is 12. The molecule has 33 heavy (non-hydrogen) atoms. The van der Waals surface area contributed by atoms with Crippen LogP contribution in [-0.4, -0.2) is 77.0 Å². The van der Waals surface area contributed by atoms with Gasteiger partial charge in [-0.3, -0.25) is 4.79 Å². The first kappa shape index (κ1) is 22.6. The monoisotopic (exact) mass is 464 g/mol. The lowest BCUT2D eigenvalue weighted by Crippen LogP contribution is -2.55. The first-order valence-electron chi connectivity index (χ1n) is 9.63. The summed E-state index contributed by atoms with van der Waals surface area (Å²) < 4.78 is 11.2. The number of benzene rings is 2. The van der Waals surface area contributed by atoms with Crippen LogP contribution in [0.3, 0.4) is 0 Å². The Labute approximate surface area is 184 Å². The molecule has 0 bridgehead atoms. The van der Waals surface area contributed by atoms with Crippen LogP contribution in [0.4, 0.5) is 0 Å². The molecule has 9 N–H and O–H groups in total. The van der Waals surface area contributed by atoms with Crippen molar-refractivity contribution in [3.05, 3.63) is 40.1 Å². The van der Waals surface area contributed by atoms with Crippen LogP contribution in [0, 0.1) is 0 Å². The fraction of sp³-hybridized carbons (Fsp3) is 0.286. The first-order chi connectivity index (χ1) is 15.5. The van der Waals surface area contributed by atoms with Gasteiger partial charge in [-0.25, -0.2) is 0 Å². The minimum atomic E-state index is -1.90. The minimum Gasteiger partial charge on any atom is -0.508 e. The van der Waals surface area contributed by atoms with Gasteiger partial charge in [0.2, 0.25) is 5.43 Å². The summed E-state index contributed by atoms with van der Waals surface area (Å²) in [6.07, 6.45) is -8.56. The Bertz CT molecular complexity index is 1260. The van der Waals surface area contributed by atoms with Crippen LogP contribution in [0.5, 0.6) is 28.7 Å². The van der Waals surface area contributed by atoms with Crippen molar-refractivity contribution < 1.29 is 55.1 Å². The summed E-state index contributed by atoms with van der Waals surface area (Å²) in [4.78, 5) is 13.4. The predicted octanol–water partition coefficient (Wildman–Crippen LogP) is -0.497. The number of fused-ring (bicyclic) bond motifs is 1. The Kier molecular flexibility index (Phi) is 5.56. The number of aliphatic hydroxyl groups is 4. The van der Waals surface area contributed by atoms with Gasteiger partial charge in [0.05, 0.1) is 12.2 Å². The highest BCUT2D eigenvalue weighted by molar-refractivity contribution is 5.87. The molecular formula is C21H20O12. The van der Waals surface area contributed by atoms with Gasteiger partial charge in [-0.2, -0.15) is 0 Å². The molecule has 1 saturated heterocycles. The maximum absolute atomic E-state index is 13.4. The molecule has 1 fully saturated rings. The van der Waals surface area contributed by atoms with Crippen molar-refractivity contribution in [3.63, 3.8) is 0 Å². The molecule has 1 aromatic heterocycles. The van der Waals surface area contributed by atoms with Gasteiger partial charge in [0, 0.05) is 17.7 Å². The standard InChI is InChI=1S/C21H20O12/c22-5-12-16(28)18(30)19(31)21(33-12)14-17(29)13-8(24)3-7(23)4-11(13)32-20(14)6-1-9(25)15(27)10(26)2-6/h1-4,12,16,18-19,21-28,30-31H,5H2/t12-,16+,18+,19-,21+/m1/s1. The molecule has 0 radical (unpaired) electrons. The van der Waals surface area contributed by atoms with Crippen LogP contribution in [0.2, 0.25) is 0 Å². The number of rotatable bonds is 3. The van der Waals surface area contributed by atoms with Crippen molar-refractivity contribution in [3.8, 4) is 40.1 Å². The SMILES string of the molecule is O=c1c([C@@H]2O[C@H](CO)[C@H](O)[C@H](O)[C@H]2O)c(-c2cc(O)c(O)c(O)c2)oc2cc(O)cc(O)c12. The minimum absolute atomic E-state index is 0.184. The van der Waals surface area contributed by atoms with Crippen LogP contribution in [0.25, 0.3) is 22.3 Å². The maximum atomic E-state index is 13.4. The van der Waals surface area contributed by atoms with Gasteiger partial charge in [-0.15, -0.1) is 0 Å². The Balaban J connectivity index is 2.07. The Morgan fingerprint density at radius 1 is 0.818 bits per heavy atom. The number of aromatic hydroxyl groups is 5. The van der Waals surface area contributed by atoms with Crippen molar-refractivity contribution in [2.24, 2.45) is 0 Å². The van der Waals surface area contributed by atoms with Crippen LogP contribution >= 0.6 is 0 Å². The van der Waals surface area contributed by atoms with Gasteiger partial charge in [0.25, 0.3) is 0 Å². The molecule has 1 aliphatic heterocycles. The average Bonchev–Trinajstić information content (AvgIpc) is 2.75. The van der Waals surface area contributed by atoms with Gasteiger partial charge >= 0.3 is 0 Å². The van der Waals surface area contributed by atoms with Gasteiger partial charge in [-0.1, -0.05) is 0 Å². The van der Waals surface area contributed by atoms with Crippen LogP contribution in [0.15, 0.2) is 33.5 Å². The number of phenols is 5. The zero-order chi connectivity index (χ0) is 24.2. The third-order valence-corrected chi connectivity index (χ3v) is 5.50. The van der Waals surface area contributed by atoms with Crippen molar-refractivity contribution in [2.45, 2.75) is 30.5 Å². The van der Waals surface area contributed by atoms with Crippen molar-refractivity contribution in [1.29, 1.82) is 0 Å². The molecule has 12 nitrogen and oxygen atoms in total. The van der Waals surface area contributed by atoms with Crippen molar-refractivity contribution in [2.75, 3.05) is 6.61 Å². The molecule has 0 saturated carbocycles. The van der Waals surface area contributed by atoms with Crippen molar-refractivity contribution >= 4 is 11.0 Å². The average molecular weight is 464 g/mol. The molecule has 0 spiro atoms. The van der Waals surface area contributed by atoms with E-state index >= 15 is 0 Å². The van der Waals surface area contributed by atoms with E-state index in [0.29, 0.717) is 0 Å². The largest absolute Gasteiger partial charge is 0.508 e. The summed E-state index contributed by atoms with van der Waals surface area (Å²) in [5, 5.41) is 89.4. The highest BCUT2D eigenvalue weighted by Crippen LogP contribution is 2.43. The van der Waals surface area contributed by atoms with E-state index in [4.69, 9.17) is 9.15 Å². The van der Waals surface area contributed by atoms with E-state index in [1.807, 2.05) is 0 Å². The van der Waals surface area contributed by atoms with Gasteiger partial charge < -0.3 is 55.1 Å². The molecule has 176 valence electrons. The summed E-state index contributed by atoms with van der Waals surface area (Å²) in [6.45, 7) is -0.782. The summed E-state index contributed by atoms with van der Waals surface area (Å²) in [5.41, 5.74) is -1.96. The van der Waals surface area contributed by atoms with Gasteiger partial charge in [0.15, 0.2) is 17.2 Å². The quantitative estimate of drug-likeness (QED) is 0.224. The third kappa shape index (κ3) is 3.59. The molecule has 0 unspecified atom stereocenters. The molecule has 3 aromatic rings. The summed E-state index contributed by atoms with van der Waals surface area (Å²) >= 11 is 0.